The Bertz CT molecular complexity index is 953. The Balaban J connectivity index is 1.98. The molecule has 31 heavy (non-hydrogen) atoms. The van der Waals surface area contributed by atoms with Crippen LogP contribution in [0.25, 0.3) is 0 Å². The number of phenolic OH excluding ortho intramolecular Hbond substituents is 1. The lowest BCUT2D eigenvalue weighted by atomic mass is 9.72. The Morgan fingerprint density at radius 1 is 1.03 bits per heavy atom. The van der Waals surface area contributed by atoms with E-state index in [9.17, 15) is 14.7 Å². The van der Waals surface area contributed by atoms with E-state index < -0.39 is 11.9 Å². The number of nitrogens with one attached hydrogen (secondary N) is 1. The predicted molar refractivity (Wildman–Crippen MR) is 121 cm³/mol. The van der Waals surface area contributed by atoms with Gasteiger partial charge in [-0.25, -0.2) is 4.79 Å². The fourth-order valence-corrected chi connectivity index (χ4v) is 3.64. The molecule has 6 heteroatoms. The molecule has 166 valence electrons. The molecule has 0 spiro atoms. The predicted octanol–water partition coefficient (Wildman–Crippen LogP) is 5.42. The number of esters is 1. The lowest BCUT2D eigenvalue weighted by Gasteiger charge is -2.33. The number of carbonyl (C=O) groups excluding carboxylic acids is 2. The summed E-state index contributed by atoms with van der Waals surface area (Å²) in [5.74, 6) is -0.637. The van der Waals surface area contributed by atoms with Crippen LogP contribution in [0, 0.1) is 5.41 Å². The van der Waals surface area contributed by atoms with Crippen molar-refractivity contribution in [2.45, 2.75) is 46.5 Å². The van der Waals surface area contributed by atoms with Crippen molar-refractivity contribution in [2.75, 3.05) is 12.4 Å². The standard InChI is InChI=1S/C25H31NO5/c1-24(2,3)16-25(4,5)18-8-10-19(11-9-18)31-14-13-22(28)26-20-15-17(23(29)30-6)7-12-21(20)27/h7-15,27H,16H2,1-6H3,(H,26,28). The molecule has 0 unspecified atom stereocenters. The van der Waals surface area contributed by atoms with E-state index in [1.165, 1.54) is 43.2 Å². The molecule has 0 bridgehead atoms. The molecule has 0 aliphatic heterocycles. The van der Waals surface area contributed by atoms with E-state index in [0.29, 0.717) is 5.75 Å². The highest BCUT2D eigenvalue weighted by molar-refractivity contribution is 6.01. The van der Waals surface area contributed by atoms with Gasteiger partial charge in [0.05, 0.1) is 24.6 Å². The molecule has 0 fully saturated rings. The van der Waals surface area contributed by atoms with Crippen LogP contribution in [0.4, 0.5) is 5.69 Å². The summed E-state index contributed by atoms with van der Waals surface area (Å²) in [6, 6.07) is 11.9. The topological polar surface area (TPSA) is 84.9 Å². The first-order valence-electron chi connectivity index (χ1n) is 10.1. The summed E-state index contributed by atoms with van der Waals surface area (Å²) >= 11 is 0. The number of carbonyl (C=O) groups is 2. The van der Waals surface area contributed by atoms with Crippen molar-refractivity contribution in [1.82, 2.24) is 0 Å². The van der Waals surface area contributed by atoms with E-state index in [1.54, 1.807) is 0 Å². The third-order valence-electron chi connectivity index (χ3n) is 4.71. The van der Waals surface area contributed by atoms with Crippen LogP contribution in [0.15, 0.2) is 54.8 Å². The molecule has 0 radical (unpaired) electrons. The number of amides is 1. The van der Waals surface area contributed by atoms with Crippen molar-refractivity contribution < 1.29 is 24.2 Å². The summed E-state index contributed by atoms with van der Waals surface area (Å²) in [6.45, 7) is 11.1. The van der Waals surface area contributed by atoms with E-state index in [-0.39, 0.29) is 27.8 Å². The molecule has 2 rings (SSSR count). The summed E-state index contributed by atoms with van der Waals surface area (Å²) in [6.07, 6.45) is 3.51. The quantitative estimate of drug-likeness (QED) is 0.268. The molecule has 0 heterocycles. The molecular formula is C25H31NO5. The van der Waals surface area contributed by atoms with Gasteiger partial charge in [-0.15, -0.1) is 0 Å². The van der Waals surface area contributed by atoms with Gasteiger partial charge in [-0.3, -0.25) is 4.79 Å². The number of hydrogen-bond acceptors (Lipinski definition) is 5. The van der Waals surface area contributed by atoms with Gasteiger partial charge in [0.1, 0.15) is 11.5 Å². The van der Waals surface area contributed by atoms with E-state index in [2.05, 4.69) is 44.7 Å². The third-order valence-corrected chi connectivity index (χ3v) is 4.71. The maximum Gasteiger partial charge on any atom is 0.337 e. The highest BCUT2D eigenvalue weighted by Crippen LogP contribution is 2.36. The number of ether oxygens (including phenoxy) is 2. The highest BCUT2D eigenvalue weighted by atomic mass is 16.5. The smallest absolute Gasteiger partial charge is 0.337 e. The molecule has 0 saturated heterocycles. The number of phenols is 1. The maximum atomic E-state index is 12.1. The number of aromatic hydroxyl groups is 1. The number of benzene rings is 2. The van der Waals surface area contributed by atoms with Gasteiger partial charge in [-0.1, -0.05) is 46.8 Å². The monoisotopic (exact) mass is 425 g/mol. The molecule has 0 aromatic heterocycles. The van der Waals surface area contributed by atoms with Crippen LogP contribution in [-0.4, -0.2) is 24.1 Å². The average Bonchev–Trinajstić information content (AvgIpc) is 2.67. The van der Waals surface area contributed by atoms with Crippen LogP contribution in [0.1, 0.15) is 57.0 Å². The van der Waals surface area contributed by atoms with Crippen LogP contribution in [0.5, 0.6) is 11.5 Å². The van der Waals surface area contributed by atoms with Gasteiger partial charge in [0.25, 0.3) is 5.91 Å². The van der Waals surface area contributed by atoms with Crippen molar-refractivity contribution in [3.05, 3.63) is 65.9 Å². The molecule has 2 N–H and O–H groups in total. The normalized spacial score (nSPS) is 11.9. The van der Waals surface area contributed by atoms with E-state index in [0.717, 1.165) is 6.42 Å². The summed E-state index contributed by atoms with van der Waals surface area (Å²) < 4.78 is 10.2. The van der Waals surface area contributed by atoms with Crippen molar-refractivity contribution in [1.29, 1.82) is 0 Å². The molecule has 2 aromatic rings. The van der Waals surface area contributed by atoms with E-state index in [1.807, 2.05) is 24.3 Å². The van der Waals surface area contributed by atoms with Crippen molar-refractivity contribution >= 4 is 17.6 Å². The largest absolute Gasteiger partial charge is 0.506 e. The second kappa shape index (κ2) is 9.69. The van der Waals surface area contributed by atoms with Crippen molar-refractivity contribution in [3.63, 3.8) is 0 Å². The van der Waals surface area contributed by atoms with E-state index >= 15 is 0 Å². The summed E-state index contributed by atoms with van der Waals surface area (Å²) in [7, 11) is 1.26. The van der Waals surface area contributed by atoms with Crippen LogP contribution in [0.3, 0.4) is 0 Å². The van der Waals surface area contributed by atoms with Crippen LogP contribution < -0.4 is 10.1 Å². The van der Waals surface area contributed by atoms with Crippen LogP contribution in [0.2, 0.25) is 0 Å². The fraction of sp³-hybridized carbons (Fsp3) is 0.360. The zero-order chi connectivity index (χ0) is 23.2. The zero-order valence-electron chi connectivity index (χ0n) is 19.0. The van der Waals surface area contributed by atoms with Gasteiger partial charge in [-0.2, -0.15) is 0 Å². The van der Waals surface area contributed by atoms with Gasteiger partial charge in [0.15, 0.2) is 0 Å². The molecule has 0 aliphatic carbocycles. The zero-order valence-corrected chi connectivity index (χ0v) is 19.0. The fourth-order valence-electron chi connectivity index (χ4n) is 3.64. The van der Waals surface area contributed by atoms with Gasteiger partial charge < -0.3 is 19.9 Å². The third kappa shape index (κ3) is 7.17. The van der Waals surface area contributed by atoms with Gasteiger partial charge in [-0.05, 0) is 53.1 Å². The SMILES string of the molecule is COC(=O)c1ccc(O)c(NC(=O)C=COc2ccc(C(C)(C)CC(C)(C)C)cc2)c1. The molecule has 0 atom stereocenters. The van der Waals surface area contributed by atoms with Gasteiger partial charge in [0, 0.05) is 6.08 Å². The number of anilines is 1. The molecule has 0 saturated carbocycles. The molecule has 6 nitrogen and oxygen atoms in total. The number of methoxy groups -OCH3 is 1. The Labute approximate surface area is 183 Å². The Kier molecular flexibility index (Phi) is 7.50. The lowest BCUT2D eigenvalue weighted by molar-refractivity contribution is -0.112. The first-order valence-corrected chi connectivity index (χ1v) is 10.1. The van der Waals surface area contributed by atoms with Gasteiger partial charge >= 0.3 is 5.97 Å². The van der Waals surface area contributed by atoms with Crippen molar-refractivity contribution in [3.8, 4) is 11.5 Å². The number of rotatable bonds is 7. The first kappa shape index (κ1) is 24.0. The second-order valence-corrected chi connectivity index (χ2v) is 9.28. The van der Waals surface area contributed by atoms with Gasteiger partial charge in [0.2, 0.25) is 0 Å². The summed E-state index contributed by atoms with van der Waals surface area (Å²) in [5, 5.41) is 12.4. The van der Waals surface area contributed by atoms with Crippen LogP contribution >= 0.6 is 0 Å². The minimum absolute atomic E-state index is 0.0350. The molecule has 2 aromatic carbocycles. The Morgan fingerprint density at radius 3 is 2.26 bits per heavy atom. The molecular weight excluding hydrogens is 394 g/mol. The Hall–Kier alpha value is -3.28. The summed E-state index contributed by atoms with van der Waals surface area (Å²) in [4.78, 5) is 23.7. The molecule has 0 aliphatic rings. The second-order valence-electron chi connectivity index (χ2n) is 9.28. The van der Waals surface area contributed by atoms with E-state index in [4.69, 9.17) is 4.74 Å². The average molecular weight is 426 g/mol. The van der Waals surface area contributed by atoms with Crippen molar-refractivity contribution in [2.24, 2.45) is 5.41 Å². The van der Waals surface area contributed by atoms with Crippen LogP contribution in [-0.2, 0) is 14.9 Å². The first-order chi connectivity index (χ1) is 14.4. The minimum Gasteiger partial charge on any atom is -0.506 e. The molecule has 1 amide bonds. The summed E-state index contributed by atoms with van der Waals surface area (Å²) in [5.41, 5.74) is 1.79. The highest BCUT2D eigenvalue weighted by Gasteiger charge is 2.27. The lowest BCUT2D eigenvalue weighted by Crippen LogP contribution is -2.24. The maximum absolute atomic E-state index is 12.1. The minimum atomic E-state index is -0.566. The number of hydrogen-bond donors (Lipinski definition) is 2. The Morgan fingerprint density at radius 2 is 1.68 bits per heavy atom.